The Balaban J connectivity index is 2.04. The van der Waals surface area contributed by atoms with Crippen LogP contribution in [0.2, 0.25) is 0 Å². The molecule has 1 unspecified atom stereocenters. The number of ether oxygens (including phenoxy) is 1. The van der Waals surface area contributed by atoms with Crippen LogP contribution in [0.25, 0.3) is 11.0 Å². The lowest BCUT2D eigenvalue weighted by Gasteiger charge is -2.00. The lowest BCUT2D eigenvalue weighted by atomic mass is 10.3. The Kier molecular flexibility index (Phi) is 4.33. The molecule has 18 heavy (non-hydrogen) atoms. The number of rotatable bonds is 6. The third-order valence-corrected chi connectivity index (χ3v) is 3.62. The first-order valence-electron chi connectivity index (χ1n) is 5.92. The van der Waals surface area contributed by atoms with Gasteiger partial charge in [-0.05, 0) is 24.6 Å². The molecule has 5 nitrogen and oxygen atoms in total. The summed E-state index contributed by atoms with van der Waals surface area (Å²) in [4.78, 5) is 7.32. The number of fused-ring (bicyclic) bond motifs is 1. The molecule has 0 bridgehead atoms. The van der Waals surface area contributed by atoms with Gasteiger partial charge in [0.25, 0.3) is 0 Å². The number of benzene rings is 1. The normalized spacial score (nSPS) is 12.9. The Morgan fingerprint density at radius 1 is 1.44 bits per heavy atom. The fraction of sp³-hybridized carbons (Fsp3) is 0.417. The summed E-state index contributed by atoms with van der Waals surface area (Å²) in [6.45, 7) is 3.23. The maximum absolute atomic E-state index is 12.0. The summed E-state index contributed by atoms with van der Waals surface area (Å²) < 4.78 is 17.3. The average molecular weight is 267 g/mol. The highest BCUT2D eigenvalue weighted by Gasteiger charge is 2.09. The molecule has 6 heteroatoms. The fourth-order valence-electron chi connectivity index (χ4n) is 1.59. The number of hydrogen-bond donors (Lipinski definition) is 2. The topological polar surface area (TPSA) is 81.0 Å². The summed E-state index contributed by atoms with van der Waals surface area (Å²) in [5.74, 6) is 0.454. The van der Waals surface area contributed by atoms with Gasteiger partial charge in [0.2, 0.25) is 0 Å². The molecular weight excluding hydrogens is 250 g/mol. The van der Waals surface area contributed by atoms with E-state index in [0.717, 1.165) is 17.5 Å². The molecule has 1 aromatic heterocycles. The van der Waals surface area contributed by atoms with Gasteiger partial charge in [0.1, 0.15) is 0 Å². The van der Waals surface area contributed by atoms with E-state index in [1.807, 2.05) is 13.0 Å². The van der Waals surface area contributed by atoms with Crippen LogP contribution in [0.4, 0.5) is 5.69 Å². The molecule has 0 aliphatic heterocycles. The van der Waals surface area contributed by atoms with Crippen molar-refractivity contribution in [2.75, 3.05) is 24.7 Å². The SMILES string of the molecule is CCCOCCS(=O)c1nc2ccc(N)cc2[nH]1. The van der Waals surface area contributed by atoms with E-state index in [1.54, 1.807) is 12.1 Å². The van der Waals surface area contributed by atoms with Crippen LogP contribution in [-0.2, 0) is 15.5 Å². The molecule has 0 saturated heterocycles. The summed E-state index contributed by atoms with van der Waals surface area (Å²) in [6.07, 6.45) is 0.969. The van der Waals surface area contributed by atoms with E-state index in [1.165, 1.54) is 0 Å². The van der Waals surface area contributed by atoms with Gasteiger partial charge in [0, 0.05) is 12.3 Å². The average Bonchev–Trinajstić information content (AvgIpc) is 2.77. The minimum absolute atomic E-state index is 0.454. The number of aromatic amines is 1. The first kappa shape index (κ1) is 13.0. The second kappa shape index (κ2) is 5.97. The zero-order valence-electron chi connectivity index (χ0n) is 10.3. The van der Waals surface area contributed by atoms with Crippen LogP contribution < -0.4 is 5.73 Å². The van der Waals surface area contributed by atoms with Gasteiger partial charge in [0.05, 0.1) is 34.2 Å². The molecule has 0 radical (unpaired) electrons. The summed E-state index contributed by atoms with van der Waals surface area (Å²) in [6, 6.07) is 5.38. The van der Waals surface area contributed by atoms with Crippen molar-refractivity contribution < 1.29 is 8.95 Å². The molecule has 0 saturated carbocycles. The van der Waals surface area contributed by atoms with Crippen LogP contribution in [0.15, 0.2) is 23.4 Å². The largest absolute Gasteiger partial charge is 0.399 e. The van der Waals surface area contributed by atoms with Gasteiger partial charge in [-0.1, -0.05) is 6.92 Å². The molecule has 0 aliphatic rings. The summed E-state index contributed by atoms with van der Waals surface area (Å²) in [5, 5.41) is 0.482. The van der Waals surface area contributed by atoms with Crippen LogP contribution >= 0.6 is 0 Å². The lowest BCUT2D eigenvalue weighted by molar-refractivity contribution is 0.150. The lowest BCUT2D eigenvalue weighted by Crippen LogP contribution is -2.08. The van der Waals surface area contributed by atoms with Gasteiger partial charge in [-0.3, -0.25) is 4.21 Å². The van der Waals surface area contributed by atoms with Crippen LogP contribution in [0.1, 0.15) is 13.3 Å². The predicted molar refractivity (Wildman–Crippen MR) is 72.9 cm³/mol. The van der Waals surface area contributed by atoms with E-state index in [2.05, 4.69) is 9.97 Å². The highest BCUT2D eigenvalue weighted by Crippen LogP contribution is 2.16. The number of H-pyrrole nitrogens is 1. The fourth-order valence-corrected chi connectivity index (χ4v) is 2.48. The molecule has 2 rings (SSSR count). The first-order valence-corrected chi connectivity index (χ1v) is 7.24. The van der Waals surface area contributed by atoms with Gasteiger partial charge in [-0.15, -0.1) is 0 Å². The van der Waals surface area contributed by atoms with Gasteiger partial charge in [-0.2, -0.15) is 0 Å². The quantitative estimate of drug-likeness (QED) is 0.616. The number of nitrogens with one attached hydrogen (secondary N) is 1. The van der Waals surface area contributed by atoms with Gasteiger partial charge >= 0.3 is 0 Å². The predicted octanol–water partition coefficient (Wildman–Crippen LogP) is 1.68. The molecule has 1 heterocycles. The molecular formula is C12H17N3O2S. The highest BCUT2D eigenvalue weighted by molar-refractivity contribution is 7.84. The van der Waals surface area contributed by atoms with E-state index in [0.29, 0.717) is 29.8 Å². The Bertz CT molecular complexity index is 553. The van der Waals surface area contributed by atoms with E-state index in [4.69, 9.17) is 10.5 Å². The van der Waals surface area contributed by atoms with E-state index in [9.17, 15) is 4.21 Å². The van der Waals surface area contributed by atoms with Gasteiger partial charge < -0.3 is 15.5 Å². The van der Waals surface area contributed by atoms with E-state index < -0.39 is 10.8 Å². The van der Waals surface area contributed by atoms with Crippen molar-refractivity contribution in [2.24, 2.45) is 0 Å². The van der Waals surface area contributed by atoms with Crippen molar-refractivity contribution in [1.82, 2.24) is 9.97 Å². The van der Waals surface area contributed by atoms with Gasteiger partial charge in [0.15, 0.2) is 5.16 Å². The molecule has 0 fully saturated rings. The Morgan fingerprint density at radius 2 is 2.28 bits per heavy atom. The number of nitrogens with zero attached hydrogens (tertiary/aromatic N) is 1. The van der Waals surface area contributed by atoms with Crippen molar-refractivity contribution in [3.05, 3.63) is 18.2 Å². The number of imidazole rings is 1. The molecule has 3 N–H and O–H groups in total. The van der Waals surface area contributed by atoms with E-state index >= 15 is 0 Å². The molecule has 98 valence electrons. The Labute approximate surface area is 108 Å². The second-order valence-electron chi connectivity index (χ2n) is 3.98. The standard InChI is InChI=1S/C12H17N3O2S/c1-2-5-17-6-7-18(16)12-14-10-4-3-9(13)8-11(10)15-12/h3-4,8H,2,5-7,13H2,1H3,(H,14,15). The first-order chi connectivity index (χ1) is 8.70. The summed E-state index contributed by atoms with van der Waals surface area (Å²) in [5.41, 5.74) is 7.93. The highest BCUT2D eigenvalue weighted by atomic mass is 32.2. The van der Waals surface area contributed by atoms with Crippen LogP contribution in [-0.4, -0.2) is 33.1 Å². The third-order valence-electron chi connectivity index (χ3n) is 2.46. The van der Waals surface area contributed by atoms with Gasteiger partial charge in [-0.25, -0.2) is 4.98 Å². The van der Waals surface area contributed by atoms with Crippen LogP contribution in [0.5, 0.6) is 0 Å². The van der Waals surface area contributed by atoms with Crippen molar-refractivity contribution in [3.8, 4) is 0 Å². The Hall–Kier alpha value is -1.40. The van der Waals surface area contributed by atoms with Crippen molar-refractivity contribution >= 4 is 27.5 Å². The Morgan fingerprint density at radius 3 is 3.06 bits per heavy atom. The zero-order valence-corrected chi connectivity index (χ0v) is 11.1. The monoisotopic (exact) mass is 267 g/mol. The number of nitrogens with two attached hydrogens (primary N) is 1. The molecule has 0 spiro atoms. The zero-order chi connectivity index (χ0) is 13.0. The minimum Gasteiger partial charge on any atom is -0.399 e. The van der Waals surface area contributed by atoms with Crippen molar-refractivity contribution in [1.29, 1.82) is 0 Å². The molecule has 2 aromatic rings. The van der Waals surface area contributed by atoms with Crippen molar-refractivity contribution in [2.45, 2.75) is 18.5 Å². The number of aromatic nitrogens is 2. The maximum atomic E-state index is 12.0. The van der Waals surface area contributed by atoms with E-state index in [-0.39, 0.29) is 0 Å². The maximum Gasteiger partial charge on any atom is 0.197 e. The number of anilines is 1. The number of nitrogen functional groups attached to an aromatic ring is 1. The van der Waals surface area contributed by atoms with Crippen LogP contribution in [0, 0.1) is 0 Å². The molecule has 1 atom stereocenters. The molecule has 1 aromatic carbocycles. The molecule has 0 aliphatic carbocycles. The number of hydrogen-bond acceptors (Lipinski definition) is 4. The summed E-state index contributed by atoms with van der Waals surface area (Å²) >= 11 is 0. The summed E-state index contributed by atoms with van der Waals surface area (Å²) in [7, 11) is -1.16. The van der Waals surface area contributed by atoms with Crippen molar-refractivity contribution in [3.63, 3.8) is 0 Å². The third kappa shape index (κ3) is 3.08. The van der Waals surface area contributed by atoms with Crippen LogP contribution in [0.3, 0.4) is 0 Å². The second-order valence-corrected chi connectivity index (χ2v) is 5.47. The molecule has 0 amide bonds. The minimum atomic E-state index is -1.16. The smallest absolute Gasteiger partial charge is 0.197 e.